The quantitative estimate of drug-likeness (QED) is 0.194. The van der Waals surface area contributed by atoms with Crippen LogP contribution in [-0.4, -0.2) is 95.8 Å². The Morgan fingerprint density at radius 3 is 1.76 bits per heavy atom. The highest BCUT2D eigenvalue weighted by molar-refractivity contribution is 5.91. The summed E-state index contributed by atoms with van der Waals surface area (Å²) in [5.41, 5.74) is -1.86. The van der Waals surface area contributed by atoms with Crippen molar-refractivity contribution in [1.82, 2.24) is 0 Å². The molecular weight excluding hydrogens is 508 g/mol. The van der Waals surface area contributed by atoms with Gasteiger partial charge in [0.2, 0.25) is 0 Å². The number of hydrogen-bond acceptors (Lipinski definition) is 13. The fourth-order valence-electron chi connectivity index (χ4n) is 4.83. The van der Waals surface area contributed by atoms with Gasteiger partial charge in [0, 0.05) is 11.6 Å². The molecule has 2 aliphatic heterocycles. The van der Waals surface area contributed by atoms with Gasteiger partial charge in [-0.2, -0.15) is 0 Å². The second kappa shape index (κ2) is 9.80. The van der Waals surface area contributed by atoms with Crippen molar-refractivity contribution in [2.75, 3.05) is 13.2 Å². The molecule has 0 radical (unpaired) electrons. The second-order valence-corrected chi connectivity index (χ2v) is 9.36. The Morgan fingerprint density at radius 2 is 1.21 bits per heavy atom. The van der Waals surface area contributed by atoms with Crippen LogP contribution in [0.25, 0.3) is 22.3 Å². The molecule has 5 rings (SSSR count). The van der Waals surface area contributed by atoms with Gasteiger partial charge in [-0.15, -0.1) is 0 Å². The lowest BCUT2D eigenvalue weighted by Gasteiger charge is -2.38. The SMILES string of the molecule is O=c1cc(-c2ccc(O)cc2)oc2c([C@@H]3OC[C@H](O)[C@H](O)C3O)c(O)c([C@@H]3OC[C@@H](O)[C@H](O)C3O)c(O)c12. The lowest BCUT2D eigenvalue weighted by molar-refractivity contribution is -0.191. The Balaban J connectivity index is 1.80. The molecule has 0 spiro atoms. The van der Waals surface area contributed by atoms with Gasteiger partial charge in [-0.1, -0.05) is 0 Å². The normalized spacial score (nSPS) is 31.9. The van der Waals surface area contributed by atoms with Gasteiger partial charge in [-0.25, -0.2) is 0 Å². The van der Waals surface area contributed by atoms with Crippen molar-refractivity contribution in [1.29, 1.82) is 0 Å². The zero-order valence-electron chi connectivity index (χ0n) is 19.6. The van der Waals surface area contributed by atoms with Crippen molar-refractivity contribution in [2.24, 2.45) is 0 Å². The molecule has 0 bridgehead atoms. The van der Waals surface area contributed by atoms with E-state index >= 15 is 0 Å². The Bertz CT molecular complexity index is 1400. The zero-order chi connectivity index (χ0) is 27.5. The first-order valence-corrected chi connectivity index (χ1v) is 11.7. The predicted molar refractivity (Wildman–Crippen MR) is 126 cm³/mol. The Kier molecular flexibility index (Phi) is 6.79. The summed E-state index contributed by atoms with van der Waals surface area (Å²) in [6, 6.07) is 6.60. The highest BCUT2D eigenvalue weighted by Crippen LogP contribution is 2.50. The van der Waals surface area contributed by atoms with Gasteiger partial charge in [-0.05, 0) is 24.3 Å². The molecule has 3 heterocycles. The van der Waals surface area contributed by atoms with Gasteiger partial charge < -0.3 is 59.8 Å². The van der Waals surface area contributed by atoms with Crippen LogP contribution >= 0.6 is 0 Å². The van der Waals surface area contributed by atoms with E-state index in [0.717, 1.165) is 6.07 Å². The third kappa shape index (κ3) is 4.19. The van der Waals surface area contributed by atoms with Crippen LogP contribution in [0.2, 0.25) is 0 Å². The van der Waals surface area contributed by atoms with Crippen LogP contribution in [0.5, 0.6) is 17.2 Å². The molecule has 0 aliphatic carbocycles. The molecule has 204 valence electrons. The summed E-state index contributed by atoms with van der Waals surface area (Å²) in [7, 11) is 0. The Hall–Kier alpha value is -3.27. The minimum atomic E-state index is -1.85. The standard InChI is InChI=1S/C25H26O13/c26-9-3-1-8(2-4-9)13-5-10(27)14-19(32)15(24-21(34)17(30)11(28)6-36-24)20(33)16(23(14)38-13)25-22(35)18(31)12(29)7-37-25/h1-5,11-12,17-18,21-22,24-26,28-35H,6-7H2/t11-,12+,17+,18+,21?,22?,24+,25+/m1/s1. The molecule has 13 nitrogen and oxygen atoms in total. The van der Waals surface area contributed by atoms with Crippen LogP contribution in [0.3, 0.4) is 0 Å². The molecule has 8 atom stereocenters. The van der Waals surface area contributed by atoms with Crippen molar-refractivity contribution in [3.8, 4) is 28.6 Å². The fraction of sp³-hybridized carbons (Fsp3) is 0.400. The molecule has 2 fully saturated rings. The van der Waals surface area contributed by atoms with Crippen LogP contribution in [-0.2, 0) is 9.47 Å². The van der Waals surface area contributed by atoms with Crippen LogP contribution < -0.4 is 5.43 Å². The third-order valence-corrected chi connectivity index (χ3v) is 6.92. The van der Waals surface area contributed by atoms with E-state index in [0.29, 0.717) is 5.56 Å². The smallest absolute Gasteiger partial charge is 0.197 e. The number of aliphatic hydroxyl groups excluding tert-OH is 6. The summed E-state index contributed by atoms with van der Waals surface area (Å²) in [5, 5.41) is 93.1. The number of aliphatic hydroxyl groups is 6. The van der Waals surface area contributed by atoms with Gasteiger partial charge in [0.25, 0.3) is 0 Å². The average Bonchev–Trinajstić information content (AvgIpc) is 2.88. The molecule has 2 unspecified atom stereocenters. The van der Waals surface area contributed by atoms with E-state index in [1.165, 1.54) is 24.3 Å². The third-order valence-electron chi connectivity index (χ3n) is 6.92. The van der Waals surface area contributed by atoms with E-state index in [1.54, 1.807) is 0 Å². The molecule has 1 aromatic heterocycles. The minimum Gasteiger partial charge on any atom is -0.508 e. The summed E-state index contributed by atoms with van der Waals surface area (Å²) < 4.78 is 16.8. The minimum absolute atomic E-state index is 0.0475. The Morgan fingerprint density at radius 1 is 0.684 bits per heavy atom. The molecular formula is C25H26O13. The summed E-state index contributed by atoms with van der Waals surface area (Å²) in [6.07, 6.45) is -13.3. The summed E-state index contributed by atoms with van der Waals surface area (Å²) in [4.78, 5) is 13.3. The number of ether oxygens (including phenoxy) is 2. The van der Waals surface area contributed by atoms with E-state index in [1.807, 2.05) is 0 Å². The summed E-state index contributed by atoms with van der Waals surface area (Å²) in [6.45, 7) is -0.966. The largest absolute Gasteiger partial charge is 0.508 e. The first kappa shape index (κ1) is 26.3. The second-order valence-electron chi connectivity index (χ2n) is 9.36. The lowest BCUT2D eigenvalue weighted by atomic mass is 9.87. The molecule has 0 saturated carbocycles. The topological polar surface area (TPSA) is 231 Å². The van der Waals surface area contributed by atoms with Gasteiger partial charge >= 0.3 is 0 Å². The van der Waals surface area contributed by atoms with Crippen LogP contribution in [0.1, 0.15) is 23.3 Å². The Labute approximate surface area is 213 Å². The molecule has 2 saturated heterocycles. The van der Waals surface area contributed by atoms with E-state index < -0.39 is 101 Å². The summed E-state index contributed by atoms with van der Waals surface area (Å²) >= 11 is 0. The number of rotatable bonds is 3. The predicted octanol–water partition coefficient (Wildman–Crippen LogP) is -1.12. The van der Waals surface area contributed by atoms with Gasteiger partial charge in [0.15, 0.2) is 11.0 Å². The van der Waals surface area contributed by atoms with Crippen LogP contribution in [0, 0.1) is 0 Å². The maximum atomic E-state index is 13.3. The molecule has 0 amide bonds. The van der Waals surface area contributed by atoms with E-state index in [9.17, 15) is 50.8 Å². The maximum Gasteiger partial charge on any atom is 0.197 e. The van der Waals surface area contributed by atoms with Crippen molar-refractivity contribution >= 4 is 11.0 Å². The molecule has 9 N–H and O–H groups in total. The number of phenols is 3. The van der Waals surface area contributed by atoms with Crippen LogP contribution in [0.4, 0.5) is 0 Å². The first-order valence-electron chi connectivity index (χ1n) is 11.7. The van der Waals surface area contributed by atoms with E-state index in [2.05, 4.69) is 0 Å². The number of fused-ring (bicyclic) bond motifs is 1. The monoisotopic (exact) mass is 534 g/mol. The number of aromatic hydroxyl groups is 3. The van der Waals surface area contributed by atoms with Crippen molar-refractivity contribution in [3.63, 3.8) is 0 Å². The van der Waals surface area contributed by atoms with Gasteiger partial charge in [-0.3, -0.25) is 4.79 Å². The fourth-order valence-corrected chi connectivity index (χ4v) is 4.83. The van der Waals surface area contributed by atoms with Crippen molar-refractivity contribution < 1.29 is 59.8 Å². The van der Waals surface area contributed by atoms with E-state index in [4.69, 9.17) is 13.9 Å². The van der Waals surface area contributed by atoms with Crippen LogP contribution in [0.15, 0.2) is 39.5 Å². The first-order chi connectivity index (χ1) is 18.0. The molecule has 38 heavy (non-hydrogen) atoms. The van der Waals surface area contributed by atoms with Gasteiger partial charge in [0.05, 0.1) is 24.3 Å². The highest BCUT2D eigenvalue weighted by Gasteiger charge is 2.46. The van der Waals surface area contributed by atoms with Crippen molar-refractivity contribution in [3.05, 3.63) is 51.7 Å². The number of phenolic OH excluding ortho intramolecular Hbond substituents is 3. The van der Waals surface area contributed by atoms with Crippen molar-refractivity contribution in [2.45, 2.75) is 48.8 Å². The molecule has 2 aromatic carbocycles. The van der Waals surface area contributed by atoms with Gasteiger partial charge in [0.1, 0.15) is 77.2 Å². The lowest BCUT2D eigenvalue weighted by Crippen LogP contribution is -2.49. The highest BCUT2D eigenvalue weighted by atomic mass is 16.5. The molecule has 3 aromatic rings. The summed E-state index contributed by atoms with van der Waals surface area (Å²) in [5.74, 6) is -1.80. The number of hydrogen-bond donors (Lipinski definition) is 9. The number of benzene rings is 2. The average molecular weight is 534 g/mol. The molecule has 13 heteroatoms. The maximum absolute atomic E-state index is 13.3. The molecule has 2 aliphatic rings. The zero-order valence-corrected chi connectivity index (χ0v) is 19.6. The van der Waals surface area contributed by atoms with E-state index in [-0.39, 0.29) is 11.5 Å².